The van der Waals surface area contributed by atoms with Gasteiger partial charge in [-0.15, -0.1) is 0 Å². The Morgan fingerprint density at radius 2 is 2.06 bits per heavy atom. The molecule has 1 aromatic carbocycles. The first-order valence-electron chi connectivity index (χ1n) is 12.0. The van der Waals surface area contributed by atoms with Crippen molar-refractivity contribution in [2.24, 2.45) is 17.8 Å². The van der Waals surface area contributed by atoms with Gasteiger partial charge in [0.15, 0.2) is 0 Å². The minimum Gasteiger partial charge on any atom is -0.508 e. The number of fused-ring (bicyclic) bond motifs is 3. The molecule has 2 fully saturated rings. The Hall–Kier alpha value is -3.29. The van der Waals surface area contributed by atoms with Crippen LogP contribution in [0.15, 0.2) is 59.8 Å². The molecule has 3 aliphatic rings. The molecule has 35 heavy (non-hydrogen) atoms. The highest BCUT2D eigenvalue weighted by Gasteiger charge is 2.56. The number of hydrogen-bond donors (Lipinski definition) is 1. The lowest BCUT2D eigenvalue weighted by molar-refractivity contribution is -0.138. The van der Waals surface area contributed by atoms with Gasteiger partial charge in [-0.2, -0.15) is 0 Å². The van der Waals surface area contributed by atoms with Gasteiger partial charge >= 0.3 is 0 Å². The number of allylic oxidation sites excluding steroid dienone is 1. The van der Waals surface area contributed by atoms with Gasteiger partial charge in [0.1, 0.15) is 5.75 Å². The van der Waals surface area contributed by atoms with Crippen LogP contribution in [0.25, 0.3) is 11.6 Å². The number of likely N-dealkylation sites (tertiary alicyclic amines) is 1. The average molecular weight is 475 g/mol. The minimum absolute atomic E-state index is 0.0846. The van der Waals surface area contributed by atoms with Crippen LogP contribution >= 0.6 is 0 Å². The maximum absolute atomic E-state index is 12.9. The number of phenolic OH excluding ortho intramolecular Hbond substituents is 1. The highest BCUT2D eigenvalue weighted by Crippen LogP contribution is 2.49. The van der Waals surface area contributed by atoms with Crippen molar-refractivity contribution in [2.45, 2.75) is 25.4 Å². The van der Waals surface area contributed by atoms with E-state index in [2.05, 4.69) is 4.98 Å². The van der Waals surface area contributed by atoms with Crippen LogP contribution in [0.5, 0.6) is 5.75 Å². The van der Waals surface area contributed by atoms with Gasteiger partial charge in [-0.1, -0.05) is 18.2 Å². The van der Waals surface area contributed by atoms with Crippen molar-refractivity contribution in [3.8, 4) is 5.75 Å². The third-order valence-electron chi connectivity index (χ3n) is 7.43. The highest BCUT2D eigenvalue weighted by atomic mass is 16.5. The fraction of sp³-hybridized carbons (Fsp3) is 0.393. The van der Waals surface area contributed by atoms with E-state index in [1.807, 2.05) is 36.4 Å². The van der Waals surface area contributed by atoms with E-state index >= 15 is 0 Å². The Kier molecular flexibility index (Phi) is 6.54. The molecule has 2 amide bonds. The number of pyridine rings is 1. The van der Waals surface area contributed by atoms with E-state index in [-0.39, 0.29) is 41.4 Å². The Labute approximate surface area is 205 Å². The van der Waals surface area contributed by atoms with Crippen LogP contribution in [0, 0.1) is 17.8 Å². The fourth-order valence-corrected chi connectivity index (χ4v) is 5.87. The van der Waals surface area contributed by atoms with E-state index in [0.717, 1.165) is 34.4 Å². The summed E-state index contributed by atoms with van der Waals surface area (Å²) in [6, 6.07) is 13.0. The Morgan fingerprint density at radius 1 is 1.20 bits per heavy atom. The van der Waals surface area contributed by atoms with Crippen LogP contribution in [0.1, 0.15) is 30.5 Å². The van der Waals surface area contributed by atoms with Crippen molar-refractivity contribution in [1.82, 2.24) is 9.88 Å². The van der Waals surface area contributed by atoms with E-state index in [0.29, 0.717) is 26.1 Å². The van der Waals surface area contributed by atoms with E-state index in [1.165, 1.54) is 4.90 Å². The zero-order valence-electron chi connectivity index (χ0n) is 20.0. The molecule has 5 rings (SSSR count). The molecule has 2 aromatic rings. The average Bonchev–Trinajstić information content (AvgIpc) is 3.38. The second-order valence-corrected chi connectivity index (χ2v) is 9.51. The lowest BCUT2D eigenvalue weighted by Crippen LogP contribution is -2.34. The van der Waals surface area contributed by atoms with E-state index < -0.39 is 0 Å². The van der Waals surface area contributed by atoms with E-state index in [4.69, 9.17) is 9.47 Å². The molecule has 1 aliphatic carbocycles. The standard InChI is InChI=1S/C28H30N2O5/c1-30-27(32)21-14-19(15-34-2)25-22(26(21)28(30)33)16-35-24(25)10-9-18(23-8-3-4-11-29-23)12-17-6-5-7-20(31)13-17/h3-8,11-13,21-22,24,26,31H,9-10,14-16H2,1-2H3/b18-12-/t21-,22+,24-,26-/m1/s1. The molecule has 3 heterocycles. The molecule has 182 valence electrons. The number of carbonyl (C=O) groups excluding carboxylic acids is 2. The number of methoxy groups -OCH3 is 1. The second kappa shape index (κ2) is 9.76. The first-order chi connectivity index (χ1) is 17.0. The topological polar surface area (TPSA) is 89.0 Å². The molecule has 0 spiro atoms. The summed E-state index contributed by atoms with van der Waals surface area (Å²) in [5.74, 6) is -0.718. The van der Waals surface area contributed by atoms with Gasteiger partial charge in [0.2, 0.25) is 11.8 Å². The van der Waals surface area contributed by atoms with Gasteiger partial charge in [0.05, 0.1) is 36.8 Å². The third-order valence-corrected chi connectivity index (χ3v) is 7.43. The lowest BCUT2D eigenvalue weighted by atomic mass is 9.69. The van der Waals surface area contributed by atoms with Crippen LogP contribution in [-0.4, -0.2) is 60.3 Å². The zero-order valence-corrected chi connectivity index (χ0v) is 20.0. The van der Waals surface area contributed by atoms with Gasteiger partial charge in [-0.05, 0) is 71.9 Å². The number of carbonyl (C=O) groups is 2. The first kappa shape index (κ1) is 23.5. The number of benzene rings is 1. The number of aromatic hydroxyl groups is 1. The number of ether oxygens (including phenoxy) is 2. The summed E-state index contributed by atoms with van der Waals surface area (Å²) < 4.78 is 11.8. The van der Waals surface area contributed by atoms with Crippen molar-refractivity contribution in [3.63, 3.8) is 0 Å². The highest BCUT2D eigenvalue weighted by molar-refractivity contribution is 6.05. The number of rotatable bonds is 7. The first-order valence-corrected chi connectivity index (χ1v) is 12.0. The van der Waals surface area contributed by atoms with Gasteiger partial charge < -0.3 is 14.6 Å². The summed E-state index contributed by atoms with van der Waals surface area (Å²) in [7, 11) is 3.24. The summed E-state index contributed by atoms with van der Waals surface area (Å²) in [6.45, 7) is 0.878. The predicted molar refractivity (Wildman–Crippen MR) is 131 cm³/mol. The largest absolute Gasteiger partial charge is 0.508 e. The van der Waals surface area contributed by atoms with Crippen molar-refractivity contribution >= 4 is 23.5 Å². The van der Waals surface area contributed by atoms with E-state index in [1.54, 1.807) is 32.5 Å². The Balaban J connectivity index is 1.43. The number of phenols is 1. The summed E-state index contributed by atoms with van der Waals surface area (Å²) in [4.78, 5) is 31.4. The van der Waals surface area contributed by atoms with Crippen LogP contribution in [-0.2, 0) is 19.1 Å². The molecule has 0 radical (unpaired) electrons. The molecular weight excluding hydrogens is 444 g/mol. The summed E-state index contributed by atoms with van der Waals surface area (Å²) >= 11 is 0. The Morgan fingerprint density at radius 3 is 2.80 bits per heavy atom. The number of imide groups is 1. The van der Waals surface area contributed by atoms with Crippen molar-refractivity contribution < 1.29 is 24.2 Å². The molecule has 2 aliphatic heterocycles. The summed E-state index contributed by atoms with van der Waals surface area (Å²) in [5, 5.41) is 9.90. The maximum atomic E-state index is 12.9. The van der Waals surface area contributed by atoms with Crippen molar-refractivity contribution in [1.29, 1.82) is 0 Å². The molecule has 4 atom stereocenters. The van der Waals surface area contributed by atoms with Crippen LogP contribution in [0.4, 0.5) is 0 Å². The molecular formula is C28H30N2O5. The molecule has 2 saturated heterocycles. The number of hydrogen-bond acceptors (Lipinski definition) is 6. The normalized spacial score (nSPS) is 26.3. The van der Waals surface area contributed by atoms with Gasteiger partial charge in [-0.25, -0.2) is 0 Å². The predicted octanol–water partition coefficient (Wildman–Crippen LogP) is 3.70. The zero-order chi connectivity index (χ0) is 24.5. The molecule has 0 bridgehead atoms. The number of amides is 2. The summed E-state index contributed by atoms with van der Waals surface area (Å²) in [6.07, 6.45) is 5.64. The fourth-order valence-electron chi connectivity index (χ4n) is 5.87. The molecule has 7 heteroatoms. The van der Waals surface area contributed by atoms with E-state index in [9.17, 15) is 14.7 Å². The van der Waals surface area contributed by atoms with Crippen LogP contribution < -0.4 is 0 Å². The van der Waals surface area contributed by atoms with Gasteiger partial charge in [0.25, 0.3) is 0 Å². The van der Waals surface area contributed by atoms with Gasteiger partial charge in [-0.3, -0.25) is 19.5 Å². The minimum atomic E-state index is -0.341. The third kappa shape index (κ3) is 4.42. The number of nitrogens with zero attached hydrogens (tertiary/aromatic N) is 2. The molecule has 0 saturated carbocycles. The molecule has 1 aromatic heterocycles. The van der Waals surface area contributed by atoms with Crippen molar-refractivity contribution in [3.05, 3.63) is 71.1 Å². The second-order valence-electron chi connectivity index (χ2n) is 9.51. The molecule has 0 unspecified atom stereocenters. The van der Waals surface area contributed by atoms with Crippen LogP contribution in [0.2, 0.25) is 0 Å². The quantitative estimate of drug-likeness (QED) is 0.486. The smallest absolute Gasteiger partial charge is 0.233 e. The molecule has 1 N–H and O–H groups in total. The molecule has 7 nitrogen and oxygen atoms in total. The Bertz CT molecular complexity index is 1190. The summed E-state index contributed by atoms with van der Waals surface area (Å²) in [5.41, 5.74) is 5.04. The van der Waals surface area contributed by atoms with Crippen LogP contribution in [0.3, 0.4) is 0 Å². The van der Waals surface area contributed by atoms with Crippen molar-refractivity contribution in [2.75, 3.05) is 27.4 Å². The maximum Gasteiger partial charge on any atom is 0.233 e. The SMILES string of the molecule is COCC1=C2[C@@H](CC/C(=C/c3cccc(O)c3)c3ccccn3)OC[C@@H]2[C@@H]2C(=O)N(C)C(=O)[C@@H]2C1. The lowest BCUT2D eigenvalue weighted by Gasteiger charge is -2.31. The number of aromatic nitrogens is 1. The van der Waals surface area contributed by atoms with Gasteiger partial charge in [0, 0.05) is 26.3 Å². The monoisotopic (exact) mass is 474 g/mol.